The van der Waals surface area contributed by atoms with Crippen molar-refractivity contribution in [3.8, 4) is 11.6 Å². The Labute approximate surface area is 254 Å². The van der Waals surface area contributed by atoms with E-state index in [0.29, 0.717) is 22.2 Å². The summed E-state index contributed by atoms with van der Waals surface area (Å²) in [5.41, 5.74) is 4.15. The van der Waals surface area contributed by atoms with E-state index in [9.17, 15) is 9.59 Å². The highest BCUT2D eigenvalue weighted by atomic mass is 79.9. The summed E-state index contributed by atoms with van der Waals surface area (Å²) in [5.74, 6) is 0.563. The lowest BCUT2D eigenvalue weighted by Gasteiger charge is -2.09. The number of anilines is 1. The third-order valence-electron chi connectivity index (χ3n) is 7.39. The van der Waals surface area contributed by atoms with Crippen LogP contribution in [0.2, 0.25) is 0 Å². The van der Waals surface area contributed by atoms with Crippen LogP contribution in [0.4, 0.5) is 5.69 Å². The molecular weight excluding hydrogens is 606 g/mol. The molecule has 0 bridgehead atoms. The van der Waals surface area contributed by atoms with Gasteiger partial charge >= 0.3 is 0 Å². The Hall–Kier alpha value is -5.28. The smallest absolute Gasteiger partial charge is 0.282 e. The largest absolute Gasteiger partial charge is 0.453 e. The fraction of sp³-hybridized carbons (Fsp3) is 0.0588. The van der Waals surface area contributed by atoms with Crippen LogP contribution in [0.5, 0.6) is 0 Å². The lowest BCUT2D eigenvalue weighted by Crippen LogP contribution is -2.20. The molecule has 0 spiro atoms. The lowest BCUT2D eigenvalue weighted by atomic mass is 10.1. The van der Waals surface area contributed by atoms with Gasteiger partial charge in [0.1, 0.15) is 12.1 Å². The highest BCUT2D eigenvalue weighted by molar-refractivity contribution is 9.10. The first kappa shape index (κ1) is 26.6. The average molecular weight is 631 g/mol. The van der Waals surface area contributed by atoms with E-state index in [-0.39, 0.29) is 23.8 Å². The Kier molecular flexibility index (Phi) is 6.71. The molecule has 4 aromatic carbocycles. The van der Waals surface area contributed by atoms with Gasteiger partial charge in [0, 0.05) is 37.7 Å². The predicted octanol–water partition coefficient (Wildman–Crippen LogP) is 7.36. The fourth-order valence-corrected chi connectivity index (χ4v) is 5.70. The second-order valence-electron chi connectivity index (χ2n) is 10.1. The molecule has 0 unspecified atom stereocenters. The van der Waals surface area contributed by atoms with Crippen molar-refractivity contribution in [2.24, 2.45) is 5.10 Å². The Bertz CT molecular complexity index is 2260. The summed E-state index contributed by atoms with van der Waals surface area (Å²) in [5, 5.41) is 9.87. The van der Waals surface area contributed by atoms with Gasteiger partial charge in [-0.3, -0.25) is 9.59 Å². The summed E-state index contributed by atoms with van der Waals surface area (Å²) in [6.07, 6.45) is 1.66. The van der Waals surface area contributed by atoms with Gasteiger partial charge in [-0.05, 0) is 61.5 Å². The number of halogens is 1. The molecule has 0 fully saturated rings. The molecule has 0 aliphatic carbocycles. The number of carbonyl (C=O) groups is 1. The number of para-hydroxylation sites is 3. The van der Waals surface area contributed by atoms with Crippen molar-refractivity contribution < 1.29 is 9.21 Å². The molecule has 1 N–H and O–H groups in total. The summed E-state index contributed by atoms with van der Waals surface area (Å²) in [6.45, 7) is 2.06. The molecule has 3 heterocycles. The number of rotatable bonds is 6. The van der Waals surface area contributed by atoms with Crippen LogP contribution in [0.25, 0.3) is 44.4 Å². The molecule has 1 amide bonds. The van der Waals surface area contributed by atoms with Crippen molar-refractivity contribution in [2.75, 3.05) is 5.32 Å². The van der Waals surface area contributed by atoms with E-state index >= 15 is 0 Å². The number of amides is 1. The number of aromatic nitrogens is 3. The minimum absolute atomic E-state index is 0.117. The second-order valence-corrected chi connectivity index (χ2v) is 11.0. The molecule has 7 rings (SSSR count). The van der Waals surface area contributed by atoms with Crippen LogP contribution in [0, 0.1) is 6.92 Å². The minimum Gasteiger partial charge on any atom is -0.453 e. The van der Waals surface area contributed by atoms with Crippen molar-refractivity contribution in [1.82, 2.24) is 14.2 Å². The number of benzene rings is 4. The minimum atomic E-state index is -0.317. The lowest BCUT2D eigenvalue weighted by molar-refractivity contribution is -0.116. The fourth-order valence-electron chi connectivity index (χ4n) is 5.32. The maximum Gasteiger partial charge on any atom is 0.282 e. The molecule has 0 saturated carbocycles. The SMILES string of the molecule is Cc1c(C=Nn2c(-c3cc4cc(Br)ccc4o3)nc3ccccc3c2=O)c2ccccc2n1CC(=O)Nc1ccccc1. The molecule has 7 aromatic rings. The van der Waals surface area contributed by atoms with Crippen LogP contribution < -0.4 is 10.9 Å². The molecule has 0 aliphatic rings. The highest BCUT2D eigenvalue weighted by Gasteiger charge is 2.18. The standard InChI is InChI=1S/C34H24BrN5O3/c1-21-27(25-11-6-8-14-29(25)39(21)20-32(41)37-24-9-3-2-4-10-24)19-36-40-33(38-28-13-7-5-12-26(28)34(40)42)31-18-22-17-23(35)15-16-30(22)43-31/h2-19H,20H2,1H3,(H,37,41). The van der Waals surface area contributed by atoms with Crippen LogP contribution in [-0.2, 0) is 11.3 Å². The first-order valence-corrected chi connectivity index (χ1v) is 14.4. The van der Waals surface area contributed by atoms with Crippen molar-refractivity contribution in [3.63, 3.8) is 0 Å². The molecule has 0 aliphatic heterocycles. The van der Waals surface area contributed by atoms with Crippen molar-refractivity contribution in [1.29, 1.82) is 0 Å². The first-order valence-electron chi connectivity index (χ1n) is 13.6. The van der Waals surface area contributed by atoms with E-state index in [2.05, 4.69) is 21.2 Å². The van der Waals surface area contributed by atoms with Gasteiger partial charge in [0.05, 0.1) is 17.1 Å². The van der Waals surface area contributed by atoms with Gasteiger partial charge in [-0.2, -0.15) is 9.78 Å². The van der Waals surface area contributed by atoms with Crippen molar-refractivity contribution in [2.45, 2.75) is 13.5 Å². The van der Waals surface area contributed by atoms with Gasteiger partial charge in [0.2, 0.25) is 11.7 Å². The normalized spacial score (nSPS) is 11.7. The van der Waals surface area contributed by atoms with Crippen LogP contribution in [0.1, 0.15) is 11.3 Å². The van der Waals surface area contributed by atoms with Crippen LogP contribution >= 0.6 is 15.9 Å². The Morgan fingerprint density at radius 3 is 2.53 bits per heavy atom. The monoisotopic (exact) mass is 629 g/mol. The molecule has 3 aromatic heterocycles. The van der Waals surface area contributed by atoms with Gasteiger partial charge in [-0.1, -0.05) is 64.5 Å². The molecular formula is C34H24BrN5O3. The third-order valence-corrected chi connectivity index (χ3v) is 7.89. The summed E-state index contributed by atoms with van der Waals surface area (Å²) >= 11 is 3.50. The molecule has 210 valence electrons. The van der Waals surface area contributed by atoms with Gasteiger partial charge in [0.25, 0.3) is 5.56 Å². The quantitative estimate of drug-likeness (QED) is 0.194. The summed E-state index contributed by atoms with van der Waals surface area (Å²) in [7, 11) is 0. The number of hydrogen-bond acceptors (Lipinski definition) is 5. The number of fused-ring (bicyclic) bond motifs is 3. The maximum absolute atomic E-state index is 13.8. The summed E-state index contributed by atoms with van der Waals surface area (Å²) < 4.78 is 10.3. The number of furan rings is 1. The average Bonchev–Trinajstić information content (AvgIpc) is 3.55. The molecule has 9 heteroatoms. The molecule has 0 saturated heterocycles. The van der Waals surface area contributed by atoms with E-state index in [1.807, 2.05) is 96.4 Å². The maximum atomic E-state index is 13.8. The van der Waals surface area contributed by atoms with Gasteiger partial charge in [0.15, 0.2) is 5.76 Å². The van der Waals surface area contributed by atoms with E-state index < -0.39 is 0 Å². The predicted molar refractivity (Wildman–Crippen MR) is 174 cm³/mol. The first-order chi connectivity index (χ1) is 21.0. The summed E-state index contributed by atoms with van der Waals surface area (Å²) in [4.78, 5) is 31.6. The molecule has 0 radical (unpaired) electrons. The summed E-state index contributed by atoms with van der Waals surface area (Å²) in [6, 6.07) is 31.9. The second kappa shape index (κ2) is 10.8. The van der Waals surface area contributed by atoms with Gasteiger partial charge < -0.3 is 14.3 Å². The Morgan fingerprint density at radius 2 is 1.70 bits per heavy atom. The Morgan fingerprint density at radius 1 is 0.953 bits per heavy atom. The van der Waals surface area contributed by atoms with Gasteiger partial charge in [-0.15, -0.1) is 0 Å². The van der Waals surface area contributed by atoms with E-state index in [1.54, 1.807) is 24.4 Å². The number of nitrogens with one attached hydrogen (secondary N) is 1. The van der Waals surface area contributed by atoms with Crippen LogP contribution in [0.3, 0.4) is 0 Å². The third kappa shape index (κ3) is 4.93. The van der Waals surface area contributed by atoms with E-state index in [1.165, 1.54) is 4.68 Å². The zero-order valence-electron chi connectivity index (χ0n) is 23.0. The van der Waals surface area contributed by atoms with Crippen molar-refractivity contribution in [3.05, 3.63) is 129 Å². The number of carbonyl (C=O) groups excluding carboxylic acids is 1. The van der Waals surface area contributed by atoms with Crippen LogP contribution in [-0.4, -0.2) is 26.3 Å². The zero-order chi connectivity index (χ0) is 29.5. The Balaban J connectivity index is 1.34. The highest BCUT2D eigenvalue weighted by Crippen LogP contribution is 2.30. The van der Waals surface area contributed by atoms with E-state index in [4.69, 9.17) is 14.5 Å². The molecule has 8 nitrogen and oxygen atoms in total. The number of hydrogen-bond donors (Lipinski definition) is 1. The van der Waals surface area contributed by atoms with Gasteiger partial charge in [-0.25, -0.2) is 4.98 Å². The van der Waals surface area contributed by atoms with Crippen molar-refractivity contribution >= 4 is 66.5 Å². The number of nitrogens with zero attached hydrogens (tertiary/aromatic N) is 4. The zero-order valence-corrected chi connectivity index (χ0v) is 24.6. The van der Waals surface area contributed by atoms with Crippen LogP contribution in [0.15, 0.2) is 122 Å². The molecule has 0 atom stereocenters. The molecule has 43 heavy (non-hydrogen) atoms. The van der Waals surface area contributed by atoms with E-state index in [0.717, 1.165) is 37.7 Å². The topological polar surface area (TPSA) is 94.4 Å².